The lowest BCUT2D eigenvalue weighted by Gasteiger charge is -2.71. The summed E-state index contributed by atoms with van der Waals surface area (Å²) in [5.41, 5.74) is 1.98. The maximum absolute atomic E-state index is 12.5. The average Bonchev–Trinajstić information content (AvgIpc) is 2.72. The molecule has 0 saturated heterocycles. The Kier molecular flexibility index (Phi) is 4.99. The molecule has 4 saturated carbocycles. The molecule has 0 radical (unpaired) electrons. The molecule has 3 heteroatoms. The van der Waals surface area contributed by atoms with E-state index in [-0.39, 0.29) is 22.2 Å². The number of allylic oxidation sites excluding steroid dienone is 2. The first-order valence-electron chi connectivity index (χ1n) is 13.8. The van der Waals surface area contributed by atoms with Gasteiger partial charge in [-0.1, -0.05) is 53.2 Å². The van der Waals surface area contributed by atoms with E-state index in [2.05, 4.69) is 47.6 Å². The third kappa shape index (κ3) is 2.87. The highest BCUT2D eigenvalue weighted by Crippen LogP contribution is 2.75. The van der Waals surface area contributed by atoms with Crippen LogP contribution >= 0.6 is 0 Å². The summed E-state index contributed by atoms with van der Waals surface area (Å²) in [4.78, 5) is 12.5. The molecule has 33 heavy (non-hydrogen) atoms. The van der Waals surface area contributed by atoms with Gasteiger partial charge in [0, 0.05) is 0 Å². The Morgan fingerprint density at radius 2 is 1.55 bits per heavy atom. The van der Waals surface area contributed by atoms with Crippen LogP contribution in [-0.4, -0.2) is 22.3 Å². The van der Waals surface area contributed by atoms with E-state index in [0.29, 0.717) is 29.1 Å². The van der Waals surface area contributed by atoms with Crippen LogP contribution in [0.1, 0.15) is 113 Å². The molecule has 0 spiro atoms. The van der Waals surface area contributed by atoms with Crippen LogP contribution in [0.15, 0.2) is 11.6 Å². The van der Waals surface area contributed by atoms with E-state index < -0.39 is 17.5 Å². The summed E-state index contributed by atoms with van der Waals surface area (Å²) in [6.07, 6.45) is 13.2. The minimum absolute atomic E-state index is 0.0308. The number of aliphatic hydroxyl groups is 1. The Labute approximate surface area is 201 Å². The van der Waals surface area contributed by atoms with Gasteiger partial charge in [-0.25, -0.2) is 0 Å². The number of carboxylic acids is 1. The van der Waals surface area contributed by atoms with Crippen LogP contribution in [0.3, 0.4) is 0 Å². The van der Waals surface area contributed by atoms with Crippen molar-refractivity contribution in [2.75, 3.05) is 0 Å². The maximum atomic E-state index is 12.5. The fourth-order valence-electron chi connectivity index (χ4n) is 10.5. The van der Waals surface area contributed by atoms with Crippen LogP contribution < -0.4 is 0 Å². The number of carbonyl (C=O) groups is 1. The van der Waals surface area contributed by atoms with E-state index in [0.717, 1.165) is 25.7 Å². The Balaban J connectivity index is 1.58. The van der Waals surface area contributed by atoms with Crippen LogP contribution in [0.2, 0.25) is 0 Å². The number of hydrogen-bond acceptors (Lipinski definition) is 2. The lowest BCUT2D eigenvalue weighted by molar-refractivity contribution is -0.216. The highest BCUT2D eigenvalue weighted by Gasteiger charge is 2.69. The normalized spacial score (nSPS) is 55.3. The van der Waals surface area contributed by atoms with E-state index in [1.807, 2.05) is 6.92 Å². The van der Waals surface area contributed by atoms with Crippen molar-refractivity contribution in [1.82, 2.24) is 0 Å². The number of aliphatic carboxylic acids is 1. The van der Waals surface area contributed by atoms with Crippen molar-refractivity contribution in [3.63, 3.8) is 0 Å². The molecule has 5 rings (SSSR count). The van der Waals surface area contributed by atoms with E-state index in [9.17, 15) is 15.0 Å². The summed E-state index contributed by atoms with van der Waals surface area (Å²) in [7, 11) is 0. The number of rotatable bonds is 1. The summed E-state index contributed by atoms with van der Waals surface area (Å²) in [6.45, 7) is 16.9. The van der Waals surface area contributed by atoms with Crippen molar-refractivity contribution in [3.05, 3.63) is 11.6 Å². The summed E-state index contributed by atoms with van der Waals surface area (Å²) >= 11 is 0. The summed E-state index contributed by atoms with van der Waals surface area (Å²) < 4.78 is 0. The van der Waals surface area contributed by atoms with Gasteiger partial charge in [-0.05, 0) is 116 Å². The second-order valence-electron chi connectivity index (χ2n) is 15.0. The van der Waals surface area contributed by atoms with Gasteiger partial charge in [0.2, 0.25) is 0 Å². The molecule has 0 heterocycles. The predicted molar refractivity (Wildman–Crippen MR) is 133 cm³/mol. The van der Waals surface area contributed by atoms with Gasteiger partial charge in [-0.15, -0.1) is 0 Å². The van der Waals surface area contributed by atoms with Crippen LogP contribution in [-0.2, 0) is 4.79 Å². The van der Waals surface area contributed by atoms with Gasteiger partial charge in [0.25, 0.3) is 0 Å². The zero-order valence-corrected chi connectivity index (χ0v) is 22.3. The molecular formula is C30H48O3. The third-order valence-corrected chi connectivity index (χ3v) is 13.2. The fourth-order valence-corrected chi connectivity index (χ4v) is 10.5. The van der Waals surface area contributed by atoms with Gasteiger partial charge in [0.05, 0.1) is 11.5 Å². The summed E-state index contributed by atoms with van der Waals surface area (Å²) in [6, 6.07) is 0. The van der Waals surface area contributed by atoms with Crippen LogP contribution in [0.25, 0.3) is 0 Å². The van der Waals surface area contributed by atoms with Gasteiger partial charge < -0.3 is 10.2 Å². The predicted octanol–water partition coefficient (Wildman–Crippen LogP) is 7.23. The first-order chi connectivity index (χ1) is 15.1. The topological polar surface area (TPSA) is 57.5 Å². The van der Waals surface area contributed by atoms with Crippen molar-refractivity contribution in [1.29, 1.82) is 0 Å². The Bertz CT molecular complexity index is 889. The van der Waals surface area contributed by atoms with Crippen LogP contribution in [0.4, 0.5) is 0 Å². The molecular weight excluding hydrogens is 408 g/mol. The molecule has 2 N–H and O–H groups in total. The molecule has 3 nitrogen and oxygen atoms in total. The molecule has 0 bridgehead atoms. The van der Waals surface area contributed by atoms with Crippen LogP contribution in [0, 0.1) is 50.2 Å². The van der Waals surface area contributed by atoms with Gasteiger partial charge in [-0.3, -0.25) is 4.79 Å². The van der Waals surface area contributed by atoms with Crippen LogP contribution in [0.5, 0.6) is 0 Å². The smallest absolute Gasteiger partial charge is 0.312 e. The quantitative estimate of drug-likeness (QED) is 0.409. The molecule has 0 aliphatic heterocycles. The van der Waals surface area contributed by atoms with Crippen molar-refractivity contribution < 1.29 is 15.0 Å². The van der Waals surface area contributed by atoms with Crippen molar-refractivity contribution in [2.24, 2.45) is 50.2 Å². The standard InChI is InChI=1S/C30H48O3/c1-25(2)14-15-26(3)16-17-28(5)19(20(26)18-25)8-9-21-27(4)12-11-23(31)30(7,24(32)33)22(27)10-13-29(21,28)6/h8,20-23,31H,9-18H2,1-7H3,(H,32,33)/t20-,21?,22+,23+,26+,27+,28+,29+,30+/m0/s1. The number of fused-ring (bicyclic) bond motifs is 7. The molecule has 0 aromatic heterocycles. The van der Waals surface area contributed by atoms with E-state index >= 15 is 0 Å². The fraction of sp³-hybridized carbons (Fsp3) is 0.900. The van der Waals surface area contributed by atoms with E-state index in [1.165, 1.54) is 32.1 Å². The summed E-state index contributed by atoms with van der Waals surface area (Å²) in [5, 5.41) is 21.1. The minimum atomic E-state index is -1.03. The minimum Gasteiger partial charge on any atom is -0.481 e. The maximum Gasteiger partial charge on any atom is 0.312 e. The molecule has 5 aliphatic rings. The van der Waals surface area contributed by atoms with Crippen molar-refractivity contribution >= 4 is 5.97 Å². The van der Waals surface area contributed by atoms with Crippen molar-refractivity contribution in [2.45, 2.75) is 119 Å². The first-order valence-corrected chi connectivity index (χ1v) is 13.8. The van der Waals surface area contributed by atoms with Gasteiger partial charge >= 0.3 is 5.97 Å². The summed E-state index contributed by atoms with van der Waals surface area (Å²) in [5.74, 6) is 0.432. The second kappa shape index (κ2) is 6.89. The molecule has 9 atom stereocenters. The molecule has 5 aliphatic carbocycles. The average molecular weight is 457 g/mol. The number of hydrogen-bond donors (Lipinski definition) is 2. The highest BCUT2D eigenvalue weighted by molar-refractivity contribution is 5.76. The Morgan fingerprint density at radius 3 is 2.21 bits per heavy atom. The lowest BCUT2D eigenvalue weighted by Crippen LogP contribution is -2.66. The number of aliphatic hydroxyl groups excluding tert-OH is 1. The number of carboxylic acid groups (broad SMARTS) is 1. The molecule has 0 amide bonds. The lowest BCUT2D eigenvalue weighted by atomic mass is 9.33. The molecule has 0 aromatic rings. The Morgan fingerprint density at radius 1 is 0.879 bits per heavy atom. The molecule has 186 valence electrons. The van der Waals surface area contributed by atoms with E-state index in [1.54, 1.807) is 5.57 Å². The van der Waals surface area contributed by atoms with E-state index in [4.69, 9.17) is 0 Å². The Hall–Kier alpha value is -0.830. The van der Waals surface area contributed by atoms with Gasteiger partial charge in [0.15, 0.2) is 0 Å². The molecule has 0 aromatic carbocycles. The van der Waals surface area contributed by atoms with Crippen molar-refractivity contribution in [3.8, 4) is 0 Å². The monoisotopic (exact) mass is 456 g/mol. The zero-order chi connectivity index (χ0) is 24.2. The third-order valence-electron chi connectivity index (χ3n) is 13.2. The SMILES string of the molecule is CC1(C)CC[C@]2(C)CC[C@]3(C)C(=CCC4[C@@]5(C)CC[C@@H](O)[C@](C)(C(=O)O)[C@@H]5CC[C@]43C)[C@@H]2C1. The second-order valence-corrected chi connectivity index (χ2v) is 15.0. The molecule has 1 unspecified atom stereocenters. The zero-order valence-electron chi connectivity index (χ0n) is 22.3. The van der Waals surface area contributed by atoms with Gasteiger partial charge in [-0.2, -0.15) is 0 Å². The van der Waals surface area contributed by atoms with Gasteiger partial charge in [0.1, 0.15) is 0 Å². The largest absolute Gasteiger partial charge is 0.481 e. The highest BCUT2D eigenvalue weighted by atomic mass is 16.4. The first kappa shape index (κ1) is 23.9. The molecule has 4 fully saturated rings.